The molecular formula is C16H34N2O. The van der Waals surface area contributed by atoms with Crippen LogP contribution in [0.2, 0.25) is 0 Å². The van der Waals surface area contributed by atoms with E-state index in [9.17, 15) is 4.79 Å². The third-order valence-electron chi connectivity index (χ3n) is 3.57. The monoisotopic (exact) mass is 270 g/mol. The van der Waals surface area contributed by atoms with Crippen molar-refractivity contribution >= 4 is 5.91 Å². The second kappa shape index (κ2) is 7.88. The number of nitrogens with two attached hydrogens (primary N) is 1. The van der Waals surface area contributed by atoms with E-state index in [-0.39, 0.29) is 17.4 Å². The highest BCUT2D eigenvalue weighted by atomic mass is 16.1. The van der Waals surface area contributed by atoms with Crippen molar-refractivity contribution in [2.75, 3.05) is 6.54 Å². The van der Waals surface area contributed by atoms with Gasteiger partial charge >= 0.3 is 0 Å². The molecule has 0 aliphatic heterocycles. The summed E-state index contributed by atoms with van der Waals surface area (Å²) in [4.78, 5) is 11.9. The van der Waals surface area contributed by atoms with Crippen LogP contribution in [0.5, 0.6) is 0 Å². The average Bonchev–Trinajstić information content (AvgIpc) is 2.12. The van der Waals surface area contributed by atoms with E-state index in [1.165, 1.54) is 0 Å². The quantitative estimate of drug-likeness (QED) is 0.746. The fourth-order valence-corrected chi connectivity index (χ4v) is 2.64. The van der Waals surface area contributed by atoms with E-state index in [2.05, 4.69) is 53.8 Å². The Morgan fingerprint density at radius 1 is 1.11 bits per heavy atom. The molecule has 3 N–H and O–H groups in total. The minimum absolute atomic E-state index is 0.0449. The minimum Gasteiger partial charge on any atom is -0.356 e. The van der Waals surface area contributed by atoms with Crippen LogP contribution in [0, 0.1) is 23.2 Å². The van der Waals surface area contributed by atoms with Crippen molar-refractivity contribution in [2.45, 2.75) is 67.3 Å². The van der Waals surface area contributed by atoms with E-state index in [0.717, 1.165) is 13.0 Å². The van der Waals surface area contributed by atoms with Crippen molar-refractivity contribution in [3.05, 3.63) is 0 Å². The molecule has 114 valence electrons. The van der Waals surface area contributed by atoms with Crippen LogP contribution in [0.25, 0.3) is 0 Å². The zero-order valence-corrected chi connectivity index (χ0v) is 13.9. The van der Waals surface area contributed by atoms with Crippen molar-refractivity contribution < 1.29 is 4.79 Å². The Labute approximate surface area is 119 Å². The molecule has 3 nitrogen and oxygen atoms in total. The first-order valence-corrected chi connectivity index (χ1v) is 7.55. The molecule has 0 aromatic rings. The van der Waals surface area contributed by atoms with Gasteiger partial charge in [0.15, 0.2) is 0 Å². The molecule has 1 atom stereocenters. The fraction of sp³-hybridized carbons (Fsp3) is 0.938. The van der Waals surface area contributed by atoms with Gasteiger partial charge in [-0.25, -0.2) is 0 Å². The Bertz CT molecular complexity index is 258. The Morgan fingerprint density at radius 2 is 1.58 bits per heavy atom. The van der Waals surface area contributed by atoms with Gasteiger partial charge in [-0.15, -0.1) is 0 Å². The second-order valence-electron chi connectivity index (χ2n) is 7.68. The van der Waals surface area contributed by atoms with Gasteiger partial charge in [-0.1, -0.05) is 48.5 Å². The van der Waals surface area contributed by atoms with E-state index < -0.39 is 0 Å². The van der Waals surface area contributed by atoms with Gasteiger partial charge in [0.1, 0.15) is 0 Å². The number of hydrogen-bond acceptors (Lipinski definition) is 2. The summed E-state index contributed by atoms with van der Waals surface area (Å²) in [5, 5.41) is 3.04. The lowest BCUT2D eigenvalue weighted by atomic mass is 9.85. The number of hydrogen-bond donors (Lipinski definition) is 2. The summed E-state index contributed by atoms with van der Waals surface area (Å²) in [6, 6.07) is -0.0449. The molecule has 1 unspecified atom stereocenters. The maximum atomic E-state index is 11.9. The van der Waals surface area contributed by atoms with Crippen molar-refractivity contribution in [3.63, 3.8) is 0 Å². The van der Waals surface area contributed by atoms with Gasteiger partial charge < -0.3 is 11.1 Å². The molecule has 0 aromatic heterocycles. The third-order valence-corrected chi connectivity index (χ3v) is 3.57. The lowest BCUT2D eigenvalue weighted by molar-refractivity contribution is -0.121. The van der Waals surface area contributed by atoms with Gasteiger partial charge in [-0.05, 0) is 29.6 Å². The molecule has 0 aliphatic rings. The summed E-state index contributed by atoms with van der Waals surface area (Å²) >= 11 is 0. The molecule has 0 aliphatic carbocycles. The van der Waals surface area contributed by atoms with Crippen LogP contribution in [0.3, 0.4) is 0 Å². The highest BCUT2D eigenvalue weighted by Gasteiger charge is 2.20. The Balaban J connectivity index is 4.11. The van der Waals surface area contributed by atoms with Gasteiger partial charge in [0.05, 0.1) is 0 Å². The van der Waals surface area contributed by atoms with Gasteiger partial charge in [-0.3, -0.25) is 4.79 Å². The lowest BCUT2D eigenvalue weighted by Crippen LogP contribution is -2.38. The van der Waals surface area contributed by atoms with Gasteiger partial charge in [-0.2, -0.15) is 0 Å². The first-order chi connectivity index (χ1) is 8.53. The lowest BCUT2D eigenvalue weighted by Gasteiger charge is -2.26. The van der Waals surface area contributed by atoms with Crippen molar-refractivity contribution in [3.8, 4) is 0 Å². The van der Waals surface area contributed by atoms with Crippen molar-refractivity contribution in [1.82, 2.24) is 5.32 Å². The molecule has 0 radical (unpaired) electrons. The number of amides is 1. The number of rotatable bonds is 7. The van der Waals surface area contributed by atoms with Gasteiger partial charge in [0.25, 0.3) is 0 Å². The molecule has 0 saturated carbocycles. The molecule has 0 bridgehead atoms. The highest BCUT2D eigenvalue weighted by molar-refractivity contribution is 5.76. The predicted molar refractivity (Wildman–Crippen MR) is 82.8 cm³/mol. The summed E-state index contributed by atoms with van der Waals surface area (Å²) in [6.45, 7) is 16.1. The van der Waals surface area contributed by atoms with Crippen LogP contribution < -0.4 is 11.1 Å². The molecular weight excluding hydrogens is 236 g/mol. The molecule has 0 saturated heterocycles. The standard InChI is InChI=1S/C16H34N2O/c1-11(2)14(12(3)4)10-18-15(19)8-13(17)9-16(5,6)7/h11-14H,8-10,17H2,1-7H3,(H,18,19). The first kappa shape index (κ1) is 18.4. The fourth-order valence-electron chi connectivity index (χ4n) is 2.64. The molecule has 0 heterocycles. The average molecular weight is 270 g/mol. The molecule has 0 aromatic carbocycles. The minimum atomic E-state index is -0.0449. The van der Waals surface area contributed by atoms with Crippen molar-refractivity contribution in [2.24, 2.45) is 28.9 Å². The van der Waals surface area contributed by atoms with Gasteiger partial charge in [0, 0.05) is 19.0 Å². The third kappa shape index (κ3) is 9.04. The first-order valence-electron chi connectivity index (χ1n) is 7.55. The maximum Gasteiger partial charge on any atom is 0.221 e. The number of carbonyl (C=O) groups is 1. The van der Waals surface area contributed by atoms with E-state index >= 15 is 0 Å². The zero-order valence-electron chi connectivity index (χ0n) is 13.9. The van der Waals surface area contributed by atoms with E-state index in [1.54, 1.807) is 0 Å². The summed E-state index contributed by atoms with van der Waals surface area (Å²) in [7, 11) is 0. The maximum absolute atomic E-state index is 11.9. The second-order valence-corrected chi connectivity index (χ2v) is 7.68. The van der Waals surface area contributed by atoms with Crippen LogP contribution >= 0.6 is 0 Å². The van der Waals surface area contributed by atoms with E-state index in [0.29, 0.717) is 24.2 Å². The summed E-state index contributed by atoms with van der Waals surface area (Å²) < 4.78 is 0. The van der Waals surface area contributed by atoms with E-state index in [4.69, 9.17) is 5.73 Å². The smallest absolute Gasteiger partial charge is 0.221 e. The van der Waals surface area contributed by atoms with Crippen LogP contribution in [0.1, 0.15) is 61.3 Å². The van der Waals surface area contributed by atoms with Gasteiger partial charge in [0.2, 0.25) is 5.91 Å². The van der Waals surface area contributed by atoms with Crippen LogP contribution in [0.15, 0.2) is 0 Å². The predicted octanol–water partition coefficient (Wildman–Crippen LogP) is 3.18. The number of nitrogens with one attached hydrogen (secondary N) is 1. The Morgan fingerprint density at radius 3 is 1.95 bits per heavy atom. The molecule has 1 amide bonds. The molecule has 19 heavy (non-hydrogen) atoms. The zero-order chi connectivity index (χ0) is 15.2. The molecule has 0 fully saturated rings. The SMILES string of the molecule is CC(C)C(CNC(=O)CC(N)CC(C)(C)C)C(C)C. The van der Waals surface area contributed by atoms with Crippen LogP contribution in [-0.2, 0) is 4.79 Å². The topological polar surface area (TPSA) is 55.1 Å². The molecule has 0 rings (SSSR count). The largest absolute Gasteiger partial charge is 0.356 e. The molecule has 0 spiro atoms. The summed E-state index contributed by atoms with van der Waals surface area (Å²) in [5.74, 6) is 1.79. The van der Waals surface area contributed by atoms with Crippen LogP contribution in [-0.4, -0.2) is 18.5 Å². The summed E-state index contributed by atoms with van der Waals surface area (Å²) in [6.07, 6.45) is 1.30. The highest BCUT2D eigenvalue weighted by Crippen LogP contribution is 2.21. The van der Waals surface area contributed by atoms with E-state index in [1.807, 2.05) is 0 Å². The Hall–Kier alpha value is -0.570. The summed E-state index contributed by atoms with van der Waals surface area (Å²) in [5.41, 5.74) is 6.20. The number of carbonyl (C=O) groups excluding carboxylic acids is 1. The van der Waals surface area contributed by atoms with Crippen LogP contribution in [0.4, 0.5) is 0 Å². The Kier molecular flexibility index (Phi) is 7.65. The normalized spacial score (nSPS) is 14.3. The van der Waals surface area contributed by atoms with Crippen molar-refractivity contribution in [1.29, 1.82) is 0 Å². The molecule has 3 heteroatoms.